The molecule has 2 aromatic heterocycles. The Morgan fingerprint density at radius 1 is 1.11 bits per heavy atom. The quantitative estimate of drug-likeness (QED) is 0.845. The Bertz CT molecular complexity index is 442. The van der Waals surface area contributed by atoms with Gasteiger partial charge in [-0.3, -0.25) is 9.97 Å². The molecule has 0 radical (unpaired) electrons. The maximum Gasteiger partial charge on any atom is 0.0576 e. The number of rotatable bonds is 6. The number of hydrogen-bond donors (Lipinski definition) is 1. The van der Waals surface area contributed by atoms with Gasteiger partial charge in [0.1, 0.15) is 0 Å². The molecule has 3 heteroatoms. The molecule has 0 aromatic carbocycles. The average molecular weight is 241 g/mol. The predicted molar refractivity (Wildman–Crippen MR) is 73.2 cm³/mol. The van der Waals surface area contributed by atoms with E-state index in [0.717, 1.165) is 25.1 Å². The van der Waals surface area contributed by atoms with Crippen LogP contribution in [0.2, 0.25) is 0 Å². The van der Waals surface area contributed by atoms with E-state index in [1.807, 2.05) is 30.7 Å². The fourth-order valence-corrected chi connectivity index (χ4v) is 1.94. The minimum absolute atomic E-state index is 0.272. The molecule has 1 unspecified atom stereocenters. The van der Waals surface area contributed by atoms with E-state index in [1.54, 1.807) is 0 Å². The average Bonchev–Trinajstić information content (AvgIpc) is 2.45. The van der Waals surface area contributed by atoms with Crippen LogP contribution in [0.1, 0.15) is 30.6 Å². The molecule has 0 saturated heterocycles. The van der Waals surface area contributed by atoms with Gasteiger partial charge in [-0.15, -0.1) is 0 Å². The van der Waals surface area contributed by atoms with Gasteiger partial charge in [-0.05, 0) is 49.2 Å². The van der Waals surface area contributed by atoms with Crippen LogP contribution in [0, 0.1) is 0 Å². The zero-order valence-corrected chi connectivity index (χ0v) is 10.7. The lowest BCUT2D eigenvalue weighted by atomic mass is 10.0. The SMILES string of the molecule is CCCNC(Cc1ccncc1)c1ccccn1. The minimum atomic E-state index is 0.272. The summed E-state index contributed by atoms with van der Waals surface area (Å²) in [5, 5.41) is 3.55. The minimum Gasteiger partial charge on any atom is -0.308 e. The third-order valence-corrected chi connectivity index (χ3v) is 2.87. The summed E-state index contributed by atoms with van der Waals surface area (Å²) in [5.74, 6) is 0. The standard InChI is InChI=1S/C15H19N3/c1-2-8-17-15(14-5-3-4-9-18-14)12-13-6-10-16-11-7-13/h3-7,9-11,15,17H,2,8,12H2,1H3. The van der Waals surface area contributed by atoms with Gasteiger partial charge in [-0.1, -0.05) is 13.0 Å². The van der Waals surface area contributed by atoms with Crippen molar-refractivity contribution in [2.45, 2.75) is 25.8 Å². The Morgan fingerprint density at radius 3 is 2.61 bits per heavy atom. The van der Waals surface area contributed by atoms with E-state index in [4.69, 9.17) is 0 Å². The first-order chi connectivity index (χ1) is 8.90. The van der Waals surface area contributed by atoms with E-state index in [1.165, 1.54) is 5.56 Å². The third-order valence-electron chi connectivity index (χ3n) is 2.87. The Kier molecular flexibility index (Phi) is 4.85. The monoisotopic (exact) mass is 241 g/mol. The maximum absolute atomic E-state index is 4.45. The molecule has 0 amide bonds. The molecule has 1 atom stereocenters. The molecule has 0 aliphatic carbocycles. The molecule has 2 aromatic rings. The van der Waals surface area contributed by atoms with Gasteiger partial charge in [-0.2, -0.15) is 0 Å². The summed E-state index contributed by atoms with van der Waals surface area (Å²) < 4.78 is 0. The number of aromatic nitrogens is 2. The van der Waals surface area contributed by atoms with Crippen molar-refractivity contribution in [3.8, 4) is 0 Å². The molecule has 0 spiro atoms. The van der Waals surface area contributed by atoms with Crippen LogP contribution in [0.4, 0.5) is 0 Å². The van der Waals surface area contributed by atoms with Crippen LogP contribution >= 0.6 is 0 Å². The van der Waals surface area contributed by atoms with Crippen LogP contribution in [0.15, 0.2) is 48.9 Å². The molecule has 0 aliphatic rings. The van der Waals surface area contributed by atoms with Gasteiger partial charge in [-0.25, -0.2) is 0 Å². The highest BCUT2D eigenvalue weighted by Gasteiger charge is 2.12. The topological polar surface area (TPSA) is 37.8 Å². The maximum atomic E-state index is 4.45. The molecule has 1 N–H and O–H groups in total. The van der Waals surface area contributed by atoms with Gasteiger partial charge in [0.25, 0.3) is 0 Å². The van der Waals surface area contributed by atoms with E-state index in [0.29, 0.717) is 0 Å². The normalized spacial score (nSPS) is 12.3. The fraction of sp³-hybridized carbons (Fsp3) is 0.333. The lowest BCUT2D eigenvalue weighted by molar-refractivity contribution is 0.518. The summed E-state index contributed by atoms with van der Waals surface area (Å²) in [5.41, 5.74) is 2.38. The second kappa shape index (κ2) is 6.87. The van der Waals surface area contributed by atoms with Gasteiger partial charge in [0.2, 0.25) is 0 Å². The molecule has 2 rings (SSSR count). The summed E-state index contributed by atoms with van der Waals surface area (Å²) in [4.78, 5) is 8.50. The van der Waals surface area contributed by atoms with Crippen LogP contribution in [-0.2, 0) is 6.42 Å². The molecule has 0 fully saturated rings. The molecule has 2 heterocycles. The molecule has 3 nitrogen and oxygen atoms in total. The summed E-state index contributed by atoms with van der Waals surface area (Å²) in [6.45, 7) is 3.18. The van der Waals surface area contributed by atoms with Gasteiger partial charge in [0.05, 0.1) is 11.7 Å². The highest BCUT2D eigenvalue weighted by Crippen LogP contribution is 2.15. The highest BCUT2D eigenvalue weighted by molar-refractivity contribution is 5.16. The Morgan fingerprint density at radius 2 is 1.94 bits per heavy atom. The van der Waals surface area contributed by atoms with Crippen LogP contribution in [0.5, 0.6) is 0 Å². The van der Waals surface area contributed by atoms with E-state index in [-0.39, 0.29) is 6.04 Å². The first kappa shape index (κ1) is 12.7. The smallest absolute Gasteiger partial charge is 0.0576 e. The van der Waals surface area contributed by atoms with E-state index >= 15 is 0 Å². The van der Waals surface area contributed by atoms with Crippen molar-refractivity contribution in [1.29, 1.82) is 0 Å². The van der Waals surface area contributed by atoms with Crippen LogP contribution < -0.4 is 5.32 Å². The van der Waals surface area contributed by atoms with Crippen molar-refractivity contribution in [2.75, 3.05) is 6.54 Å². The van der Waals surface area contributed by atoms with E-state index in [9.17, 15) is 0 Å². The Labute approximate surface area is 108 Å². The van der Waals surface area contributed by atoms with Gasteiger partial charge < -0.3 is 5.32 Å². The van der Waals surface area contributed by atoms with Crippen molar-refractivity contribution in [3.05, 3.63) is 60.2 Å². The van der Waals surface area contributed by atoms with Gasteiger partial charge in [0.15, 0.2) is 0 Å². The Hall–Kier alpha value is -1.74. The zero-order valence-electron chi connectivity index (χ0n) is 10.7. The number of pyridine rings is 2. The van der Waals surface area contributed by atoms with Crippen molar-refractivity contribution in [1.82, 2.24) is 15.3 Å². The Balaban J connectivity index is 2.10. The van der Waals surface area contributed by atoms with Crippen LogP contribution in [0.3, 0.4) is 0 Å². The summed E-state index contributed by atoms with van der Waals surface area (Å²) in [6, 6.07) is 10.5. The molecule has 0 saturated carbocycles. The summed E-state index contributed by atoms with van der Waals surface area (Å²) in [6.07, 6.45) is 7.59. The van der Waals surface area contributed by atoms with E-state index < -0.39 is 0 Å². The first-order valence-corrected chi connectivity index (χ1v) is 6.43. The highest BCUT2D eigenvalue weighted by atomic mass is 14.9. The number of nitrogens with zero attached hydrogens (tertiary/aromatic N) is 2. The lowest BCUT2D eigenvalue weighted by Crippen LogP contribution is -2.24. The second-order valence-corrected chi connectivity index (χ2v) is 4.32. The largest absolute Gasteiger partial charge is 0.308 e. The zero-order chi connectivity index (χ0) is 12.6. The summed E-state index contributed by atoms with van der Waals surface area (Å²) in [7, 11) is 0. The first-order valence-electron chi connectivity index (χ1n) is 6.43. The molecule has 18 heavy (non-hydrogen) atoms. The molecule has 0 aliphatic heterocycles. The number of nitrogens with one attached hydrogen (secondary N) is 1. The third kappa shape index (κ3) is 3.64. The van der Waals surface area contributed by atoms with Gasteiger partial charge in [0, 0.05) is 18.6 Å². The number of hydrogen-bond acceptors (Lipinski definition) is 3. The van der Waals surface area contributed by atoms with Crippen molar-refractivity contribution < 1.29 is 0 Å². The van der Waals surface area contributed by atoms with Crippen molar-refractivity contribution >= 4 is 0 Å². The lowest BCUT2D eigenvalue weighted by Gasteiger charge is -2.18. The predicted octanol–water partition coefficient (Wildman–Crippen LogP) is 2.76. The summed E-state index contributed by atoms with van der Waals surface area (Å²) >= 11 is 0. The van der Waals surface area contributed by atoms with E-state index in [2.05, 4.69) is 40.4 Å². The molecule has 94 valence electrons. The van der Waals surface area contributed by atoms with Crippen molar-refractivity contribution in [2.24, 2.45) is 0 Å². The molecular weight excluding hydrogens is 222 g/mol. The fourth-order valence-electron chi connectivity index (χ4n) is 1.94. The second-order valence-electron chi connectivity index (χ2n) is 4.32. The molecular formula is C15H19N3. The van der Waals surface area contributed by atoms with Crippen LogP contribution in [0.25, 0.3) is 0 Å². The van der Waals surface area contributed by atoms with Crippen molar-refractivity contribution in [3.63, 3.8) is 0 Å². The molecule has 0 bridgehead atoms. The van der Waals surface area contributed by atoms with Crippen LogP contribution in [-0.4, -0.2) is 16.5 Å². The van der Waals surface area contributed by atoms with Gasteiger partial charge >= 0.3 is 0 Å².